The molecule has 9 heavy (non-hydrogen) atoms. The zero-order chi connectivity index (χ0) is 7.44. The molecule has 0 atom stereocenters. The minimum absolute atomic E-state index is 0.0687. The molecule has 0 heterocycles. The van der Waals surface area contributed by atoms with Gasteiger partial charge in [-0.2, -0.15) is 0 Å². The average molecular weight is 149 g/mol. The van der Waals surface area contributed by atoms with Gasteiger partial charge in [-0.05, 0) is 0 Å². The lowest BCUT2D eigenvalue weighted by Gasteiger charge is -2.01. The van der Waals surface area contributed by atoms with Gasteiger partial charge in [0.05, 0.1) is 0 Å². The Morgan fingerprint density at radius 3 is 2.11 bits per heavy atom. The van der Waals surface area contributed by atoms with Crippen LogP contribution in [0.15, 0.2) is 11.5 Å². The third-order valence-electron chi connectivity index (χ3n) is 0.796. The number of halogens is 1. The fourth-order valence-corrected chi connectivity index (χ4v) is 0.355. The van der Waals surface area contributed by atoms with Gasteiger partial charge in [-0.25, -0.2) is 0 Å². The smallest absolute Gasteiger partial charge is 0.147 e. The molecule has 0 radical (unpaired) electrons. The van der Waals surface area contributed by atoms with Crippen LogP contribution in [0.25, 0.3) is 0 Å². The Morgan fingerprint density at radius 1 is 1.56 bits per heavy atom. The van der Waals surface area contributed by atoms with E-state index >= 15 is 0 Å². The highest BCUT2D eigenvalue weighted by Crippen LogP contribution is 1.92. The van der Waals surface area contributed by atoms with Gasteiger partial charge in [0.15, 0.2) is 0 Å². The molecule has 0 aromatic rings. The van der Waals surface area contributed by atoms with E-state index in [-0.39, 0.29) is 16.7 Å². The molecule has 0 spiro atoms. The van der Waals surface area contributed by atoms with Gasteiger partial charge >= 0.3 is 0 Å². The first-order chi connectivity index (χ1) is 4.09. The normalized spacial score (nSPS) is 12.2. The van der Waals surface area contributed by atoms with Crippen LogP contribution < -0.4 is 16.8 Å². The largest absolute Gasteiger partial charge is 0.393 e. The van der Waals surface area contributed by atoms with Crippen molar-refractivity contribution in [1.82, 2.24) is 5.32 Å². The third kappa shape index (κ3) is 2.23. The molecule has 0 amide bonds. The first-order valence-corrected chi connectivity index (χ1v) is 2.64. The van der Waals surface area contributed by atoms with Gasteiger partial charge in [0.2, 0.25) is 0 Å². The lowest BCUT2D eigenvalue weighted by Crippen LogP contribution is -2.23. The Balaban J connectivity index is 4.28. The topological polar surface area (TPSA) is 87.9 Å². The molecule has 0 aliphatic carbocycles. The minimum atomic E-state index is -0.248. The van der Waals surface area contributed by atoms with E-state index in [0.29, 0.717) is 0 Å². The predicted molar refractivity (Wildman–Crippen MR) is 38.0 cm³/mol. The highest BCUT2D eigenvalue weighted by atomic mass is 35.5. The van der Waals surface area contributed by atoms with Crippen LogP contribution in [0.5, 0.6) is 0 Å². The molecule has 0 saturated heterocycles. The predicted octanol–water partition coefficient (Wildman–Crippen LogP) is -0.492. The van der Waals surface area contributed by atoms with E-state index in [4.69, 9.17) is 28.5 Å². The standard InChI is InChI=1S/C4H9ClN4/c1-9-4(8)2(6)3(5)7/h7,9H,6,8H2,1H3/b4-2+,7-3?. The zero-order valence-electron chi connectivity index (χ0n) is 5.03. The van der Waals surface area contributed by atoms with Crippen molar-refractivity contribution >= 4 is 16.8 Å². The molecule has 0 aromatic heterocycles. The van der Waals surface area contributed by atoms with Gasteiger partial charge in [-0.15, -0.1) is 0 Å². The van der Waals surface area contributed by atoms with Gasteiger partial charge in [-0.3, -0.25) is 5.41 Å². The van der Waals surface area contributed by atoms with Crippen molar-refractivity contribution in [3.8, 4) is 0 Å². The summed E-state index contributed by atoms with van der Waals surface area (Å²) in [5.41, 5.74) is 10.5. The van der Waals surface area contributed by atoms with Crippen LogP contribution in [0.3, 0.4) is 0 Å². The van der Waals surface area contributed by atoms with Crippen molar-refractivity contribution < 1.29 is 0 Å². The first-order valence-electron chi connectivity index (χ1n) is 2.27. The summed E-state index contributed by atoms with van der Waals surface area (Å²) in [5, 5.41) is 9.10. The van der Waals surface area contributed by atoms with Crippen molar-refractivity contribution in [2.24, 2.45) is 11.5 Å². The summed E-state index contributed by atoms with van der Waals surface area (Å²) in [7, 11) is 1.60. The monoisotopic (exact) mass is 148 g/mol. The molecule has 0 aliphatic rings. The summed E-state index contributed by atoms with van der Waals surface area (Å²) >= 11 is 5.18. The van der Waals surface area contributed by atoms with Crippen LogP contribution in [0.1, 0.15) is 0 Å². The molecule has 4 nitrogen and oxygen atoms in total. The van der Waals surface area contributed by atoms with Gasteiger partial charge in [0.25, 0.3) is 0 Å². The average Bonchev–Trinajstić information content (AvgIpc) is 1.84. The number of nitrogens with one attached hydrogen (secondary N) is 2. The molecule has 5 heteroatoms. The molecular weight excluding hydrogens is 140 g/mol. The van der Waals surface area contributed by atoms with Crippen molar-refractivity contribution in [2.45, 2.75) is 0 Å². The maximum atomic E-state index is 6.80. The van der Waals surface area contributed by atoms with E-state index in [1.165, 1.54) is 0 Å². The Kier molecular flexibility index (Phi) is 2.87. The molecular formula is C4H9ClN4. The van der Waals surface area contributed by atoms with Crippen LogP contribution in [-0.4, -0.2) is 12.2 Å². The highest BCUT2D eigenvalue weighted by molar-refractivity contribution is 6.68. The minimum Gasteiger partial charge on any atom is -0.393 e. The van der Waals surface area contributed by atoms with E-state index in [1.807, 2.05) is 0 Å². The molecule has 0 saturated carbocycles. The Hall–Kier alpha value is -0.900. The van der Waals surface area contributed by atoms with Gasteiger partial charge < -0.3 is 16.8 Å². The van der Waals surface area contributed by atoms with Crippen LogP contribution in [0.4, 0.5) is 0 Å². The van der Waals surface area contributed by atoms with Crippen LogP contribution >= 0.6 is 11.6 Å². The Labute approximate surface area is 58.4 Å². The molecule has 0 fully saturated rings. The molecule has 52 valence electrons. The third-order valence-corrected chi connectivity index (χ3v) is 1.000. The number of allylic oxidation sites excluding steroid dienone is 1. The lowest BCUT2D eigenvalue weighted by atomic mass is 10.5. The fraction of sp³-hybridized carbons (Fsp3) is 0.250. The summed E-state index contributed by atoms with van der Waals surface area (Å²) in [6, 6.07) is 0. The van der Waals surface area contributed by atoms with Gasteiger partial charge in [0, 0.05) is 7.05 Å². The Bertz CT molecular complexity index is 151. The maximum absolute atomic E-state index is 6.80. The van der Waals surface area contributed by atoms with E-state index in [2.05, 4.69) is 5.32 Å². The van der Waals surface area contributed by atoms with Gasteiger partial charge in [0.1, 0.15) is 16.7 Å². The second-order valence-corrected chi connectivity index (χ2v) is 1.77. The second-order valence-electron chi connectivity index (χ2n) is 1.39. The summed E-state index contributed by atoms with van der Waals surface area (Å²) in [4.78, 5) is 0. The number of nitrogens with two attached hydrogens (primary N) is 2. The van der Waals surface area contributed by atoms with Crippen LogP contribution in [0.2, 0.25) is 0 Å². The molecule has 0 aliphatic heterocycles. The lowest BCUT2D eigenvalue weighted by molar-refractivity contribution is 0.944. The first kappa shape index (κ1) is 8.10. The number of hydrogen-bond acceptors (Lipinski definition) is 4. The molecule has 0 unspecified atom stereocenters. The summed E-state index contributed by atoms with van der Waals surface area (Å²) < 4.78 is 0. The van der Waals surface area contributed by atoms with E-state index in [1.54, 1.807) is 7.05 Å². The Morgan fingerprint density at radius 2 is 2.00 bits per heavy atom. The quantitative estimate of drug-likeness (QED) is 0.399. The summed E-state index contributed by atoms with van der Waals surface area (Å²) in [6.07, 6.45) is 0. The second kappa shape index (κ2) is 3.19. The van der Waals surface area contributed by atoms with Crippen molar-refractivity contribution in [3.05, 3.63) is 11.5 Å². The summed E-state index contributed by atoms with van der Waals surface area (Å²) in [5.74, 6) is 0.218. The molecule has 6 N–H and O–H groups in total. The van der Waals surface area contributed by atoms with E-state index < -0.39 is 0 Å². The van der Waals surface area contributed by atoms with Gasteiger partial charge in [-0.1, -0.05) is 11.6 Å². The van der Waals surface area contributed by atoms with Crippen LogP contribution in [-0.2, 0) is 0 Å². The van der Waals surface area contributed by atoms with Crippen LogP contribution in [0, 0.1) is 5.41 Å². The van der Waals surface area contributed by atoms with E-state index in [0.717, 1.165) is 0 Å². The van der Waals surface area contributed by atoms with E-state index in [9.17, 15) is 0 Å². The van der Waals surface area contributed by atoms with Crippen molar-refractivity contribution in [2.75, 3.05) is 7.05 Å². The SMILES string of the molecule is CN/C(N)=C(/N)C(=N)Cl. The molecule has 0 aromatic carbocycles. The molecule has 0 rings (SSSR count). The maximum Gasteiger partial charge on any atom is 0.147 e. The zero-order valence-corrected chi connectivity index (χ0v) is 5.79. The molecule has 0 bridgehead atoms. The van der Waals surface area contributed by atoms with Crippen molar-refractivity contribution in [1.29, 1.82) is 5.41 Å². The summed E-state index contributed by atoms with van der Waals surface area (Å²) in [6.45, 7) is 0. The highest BCUT2D eigenvalue weighted by Gasteiger charge is 1.98. The number of hydrogen-bond donors (Lipinski definition) is 4. The number of rotatable bonds is 2. The van der Waals surface area contributed by atoms with Crippen molar-refractivity contribution in [3.63, 3.8) is 0 Å². The fourth-order valence-electron chi connectivity index (χ4n) is 0.253.